The third-order valence-corrected chi connectivity index (χ3v) is 8.71. The number of anilines is 1. The van der Waals surface area contributed by atoms with Crippen molar-refractivity contribution in [3.05, 3.63) is 88.4 Å². The molecule has 0 radical (unpaired) electrons. The molecule has 3 aromatic rings. The SMILES string of the molecule is CCCNC(=O)C(CC)N(Cc1ccc(OC)cc1)C(=O)CN(c1cccc(Br)c1)S(=O)(=O)c1ccc(C)cc1. The Labute approximate surface area is 245 Å². The number of benzene rings is 3. The maximum Gasteiger partial charge on any atom is 0.264 e. The van der Waals surface area contributed by atoms with Crippen molar-refractivity contribution >= 4 is 43.5 Å². The number of ether oxygens (including phenoxy) is 1. The molecule has 1 atom stereocenters. The first-order valence-corrected chi connectivity index (χ1v) is 15.4. The number of carbonyl (C=O) groups is 2. The van der Waals surface area contributed by atoms with Crippen LogP contribution in [0.3, 0.4) is 0 Å². The maximum absolute atomic E-state index is 14.1. The van der Waals surface area contributed by atoms with Crippen molar-refractivity contribution in [3.63, 3.8) is 0 Å². The van der Waals surface area contributed by atoms with E-state index in [1.54, 1.807) is 55.6 Å². The Morgan fingerprint density at radius 2 is 1.68 bits per heavy atom. The van der Waals surface area contributed by atoms with Crippen LogP contribution in [0, 0.1) is 6.92 Å². The van der Waals surface area contributed by atoms with Crippen LogP contribution < -0.4 is 14.4 Å². The summed E-state index contributed by atoms with van der Waals surface area (Å²) < 4.78 is 34.8. The number of amides is 2. The van der Waals surface area contributed by atoms with Gasteiger partial charge in [0, 0.05) is 17.6 Å². The van der Waals surface area contributed by atoms with Gasteiger partial charge in [-0.05, 0) is 67.8 Å². The lowest BCUT2D eigenvalue weighted by atomic mass is 10.1. The second kappa shape index (κ2) is 14.3. The number of hydrogen-bond donors (Lipinski definition) is 1. The minimum absolute atomic E-state index is 0.0697. The number of sulfonamides is 1. The normalized spacial score (nSPS) is 11.9. The summed E-state index contributed by atoms with van der Waals surface area (Å²) in [5.74, 6) is -0.106. The van der Waals surface area contributed by atoms with E-state index in [0.29, 0.717) is 28.9 Å². The summed E-state index contributed by atoms with van der Waals surface area (Å²) in [5, 5.41) is 2.89. The van der Waals surface area contributed by atoms with Crippen molar-refractivity contribution in [2.75, 3.05) is 24.5 Å². The van der Waals surface area contributed by atoms with Gasteiger partial charge in [-0.15, -0.1) is 0 Å². The first-order valence-electron chi connectivity index (χ1n) is 13.2. The molecular formula is C30H36BrN3O5S. The van der Waals surface area contributed by atoms with Gasteiger partial charge in [-0.2, -0.15) is 0 Å². The van der Waals surface area contributed by atoms with E-state index in [1.165, 1.54) is 17.0 Å². The van der Waals surface area contributed by atoms with Gasteiger partial charge in [0.1, 0.15) is 18.3 Å². The zero-order valence-electron chi connectivity index (χ0n) is 23.3. The second-order valence-corrected chi connectivity index (χ2v) is 12.2. The summed E-state index contributed by atoms with van der Waals surface area (Å²) in [7, 11) is -2.55. The minimum atomic E-state index is -4.12. The largest absolute Gasteiger partial charge is 0.497 e. The van der Waals surface area contributed by atoms with Gasteiger partial charge < -0.3 is 15.0 Å². The summed E-state index contributed by atoms with van der Waals surface area (Å²) >= 11 is 3.41. The molecule has 3 aromatic carbocycles. The summed E-state index contributed by atoms with van der Waals surface area (Å²) in [6.45, 7) is 5.77. The number of aryl methyl sites for hydroxylation is 1. The number of methoxy groups -OCH3 is 1. The molecule has 0 fully saturated rings. The van der Waals surface area contributed by atoms with E-state index < -0.39 is 28.5 Å². The first-order chi connectivity index (χ1) is 19.1. The average Bonchev–Trinajstić information content (AvgIpc) is 2.95. The van der Waals surface area contributed by atoms with Gasteiger partial charge in [0.25, 0.3) is 10.0 Å². The molecule has 8 nitrogen and oxygen atoms in total. The fourth-order valence-electron chi connectivity index (χ4n) is 4.21. The van der Waals surface area contributed by atoms with Crippen LogP contribution in [0.1, 0.15) is 37.8 Å². The molecule has 3 rings (SSSR count). The molecular weight excluding hydrogens is 594 g/mol. The topological polar surface area (TPSA) is 96.0 Å². The highest BCUT2D eigenvalue weighted by atomic mass is 79.9. The molecule has 0 saturated carbocycles. The second-order valence-electron chi connectivity index (χ2n) is 9.39. The molecule has 0 bridgehead atoms. The number of nitrogens with one attached hydrogen (secondary N) is 1. The lowest BCUT2D eigenvalue weighted by Crippen LogP contribution is -2.52. The van der Waals surface area contributed by atoms with Crippen molar-refractivity contribution in [1.82, 2.24) is 10.2 Å². The minimum Gasteiger partial charge on any atom is -0.497 e. The van der Waals surface area contributed by atoms with E-state index in [4.69, 9.17) is 4.74 Å². The van der Waals surface area contributed by atoms with Crippen molar-refractivity contribution in [2.45, 2.75) is 51.1 Å². The summed E-state index contributed by atoms with van der Waals surface area (Å²) in [5.41, 5.74) is 2.03. The smallest absolute Gasteiger partial charge is 0.264 e. The monoisotopic (exact) mass is 629 g/mol. The molecule has 0 spiro atoms. The maximum atomic E-state index is 14.1. The molecule has 0 aromatic heterocycles. The Hall–Kier alpha value is -3.37. The molecule has 214 valence electrons. The summed E-state index contributed by atoms with van der Waals surface area (Å²) in [6.07, 6.45) is 1.11. The fraction of sp³-hybridized carbons (Fsp3) is 0.333. The standard InChI is InChI=1S/C30H36BrN3O5S/c1-5-18-32-30(36)28(6-2)33(20-23-12-14-26(39-4)15-13-23)29(35)21-34(25-9-7-8-24(31)19-25)40(37,38)27-16-10-22(3)11-17-27/h7-17,19,28H,5-6,18,20-21H2,1-4H3,(H,32,36). The Morgan fingerprint density at radius 1 is 1.00 bits per heavy atom. The van der Waals surface area contributed by atoms with Crippen LogP contribution in [-0.4, -0.2) is 51.4 Å². The van der Waals surface area contributed by atoms with Gasteiger partial charge in [0.15, 0.2) is 0 Å². The molecule has 0 saturated heterocycles. The molecule has 40 heavy (non-hydrogen) atoms. The van der Waals surface area contributed by atoms with Crippen molar-refractivity contribution in [1.29, 1.82) is 0 Å². The van der Waals surface area contributed by atoms with E-state index in [2.05, 4.69) is 21.2 Å². The average molecular weight is 631 g/mol. The molecule has 0 heterocycles. The van der Waals surface area contributed by atoms with Crippen molar-refractivity contribution in [3.8, 4) is 5.75 Å². The van der Waals surface area contributed by atoms with Crippen LogP contribution in [0.25, 0.3) is 0 Å². The third-order valence-electron chi connectivity index (χ3n) is 6.43. The molecule has 10 heteroatoms. The number of halogens is 1. The number of rotatable bonds is 13. The van der Waals surface area contributed by atoms with E-state index in [1.807, 2.05) is 32.9 Å². The predicted molar refractivity (Wildman–Crippen MR) is 161 cm³/mol. The molecule has 2 amide bonds. The van der Waals surface area contributed by atoms with Gasteiger partial charge in [-0.1, -0.05) is 65.7 Å². The van der Waals surface area contributed by atoms with Crippen LogP contribution in [-0.2, 0) is 26.2 Å². The van der Waals surface area contributed by atoms with Crippen molar-refractivity contribution in [2.24, 2.45) is 0 Å². The van der Waals surface area contributed by atoms with Crippen LogP contribution in [0.5, 0.6) is 5.75 Å². The van der Waals surface area contributed by atoms with E-state index in [0.717, 1.165) is 21.9 Å². The van der Waals surface area contributed by atoms with E-state index in [9.17, 15) is 18.0 Å². The van der Waals surface area contributed by atoms with Crippen LogP contribution in [0.15, 0.2) is 82.2 Å². The Morgan fingerprint density at radius 3 is 2.25 bits per heavy atom. The van der Waals surface area contributed by atoms with Crippen LogP contribution >= 0.6 is 15.9 Å². The molecule has 0 aliphatic heterocycles. The molecule has 0 aliphatic carbocycles. The summed E-state index contributed by atoms with van der Waals surface area (Å²) in [4.78, 5) is 28.7. The lowest BCUT2D eigenvalue weighted by molar-refractivity contribution is -0.140. The zero-order valence-corrected chi connectivity index (χ0v) is 25.7. The van der Waals surface area contributed by atoms with Gasteiger partial charge in [0.05, 0.1) is 17.7 Å². The molecule has 1 N–H and O–H groups in total. The zero-order chi connectivity index (χ0) is 29.3. The predicted octanol–water partition coefficient (Wildman–Crippen LogP) is 5.30. The Bertz CT molecular complexity index is 1400. The number of nitrogens with zero attached hydrogens (tertiary/aromatic N) is 2. The Balaban J connectivity index is 2.04. The number of hydrogen-bond acceptors (Lipinski definition) is 5. The van der Waals surface area contributed by atoms with E-state index >= 15 is 0 Å². The Kier molecular flexibility index (Phi) is 11.2. The van der Waals surface area contributed by atoms with Crippen LogP contribution in [0.4, 0.5) is 5.69 Å². The third kappa shape index (κ3) is 7.85. The van der Waals surface area contributed by atoms with Crippen LogP contribution in [0.2, 0.25) is 0 Å². The summed E-state index contributed by atoms with van der Waals surface area (Å²) in [6, 6.07) is 19.7. The lowest BCUT2D eigenvalue weighted by Gasteiger charge is -2.33. The first kappa shape index (κ1) is 31.2. The van der Waals surface area contributed by atoms with Gasteiger partial charge in [-0.3, -0.25) is 13.9 Å². The fourth-order valence-corrected chi connectivity index (χ4v) is 6.00. The molecule has 0 aliphatic rings. The van der Waals surface area contributed by atoms with E-state index in [-0.39, 0.29) is 17.3 Å². The van der Waals surface area contributed by atoms with Gasteiger partial charge >= 0.3 is 0 Å². The quantitative estimate of drug-likeness (QED) is 0.277. The highest BCUT2D eigenvalue weighted by Crippen LogP contribution is 2.27. The molecule has 1 unspecified atom stereocenters. The van der Waals surface area contributed by atoms with Gasteiger partial charge in [-0.25, -0.2) is 8.42 Å². The highest BCUT2D eigenvalue weighted by Gasteiger charge is 2.33. The van der Waals surface area contributed by atoms with Crippen molar-refractivity contribution < 1.29 is 22.7 Å². The van der Waals surface area contributed by atoms with Gasteiger partial charge in [0.2, 0.25) is 11.8 Å². The highest BCUT2D eigenvalue weighted by molar-refractivity contribution is 9.10. The number of carbonyl (C=O) groups excluding carboxylic acids is 2.